The molecule has 0 aliphatic carbocycles. The highest BCUT2D eigenvalue weighted by Gasteiger charge is 2.23. The zero-order valence-corrected chi connectivity index (χ0v) is 34.2. The molecule has 11 aromatic rings. The third-order valence-corrected chi connectivity index (χ3v) is 11.0. The van der Waals surface area contributed by atoms with Crippen LogP contribution in [0.4, 0.5) is 0 Å². The van der Waals surface area contributed by atoms with E-state index in [-0.39, 0.29) is 55.5 Å². The highest BCUT2D eigenvalue weighted by atomic mass is 16.5. The lowest BCUT2D eigenvalue weighted by molar-refractivity contribution is -0.571. The molecule has 63 heavy (non-hydrogen) atoms. The molecule has 3 heterocycles. The maximum atomic E-state index is 9.15. The van der Waals surface area contributed by atoms with E-state index in [1.807, 2.05) is 48.7 Å². The van der Waals surface area contributed by atoms with Crippen LogP contribution >= 0.6 is 0 Å². The molecule has 302 valence electrons. The smallest absolute Gasteiger partial charge is 0.269 e. The van der Waals surface area contributed by atoms with Gasteiger partial charge >= 0.3 is 0 Å². The van der Waals surface area contributed by atoms with Crippen LogP contribution < -0.4 is 9.30 Å². The summed E-state index contributed by atoms with van der Waals surface area (Å²) >= 11 is 0. The molecule has 0 saturated carbocycles. The van der Waals surface area contributed by atoms with Gasteiger partial charge in [0, 0.05) is 23.0 Å². The minimum Gasteiger partial charge on any atom is -0.458 e. The molecule has 0 amide bonds. The van der Waals surface area contributed by atoms with Gasteiger partial charge in [-0.15, -0.1) is 0 Å². The van der Waals surface area contributed by atoms with E-state index in [0.29, 0.717) is 17.2 Å². The summed E-state index contributed by atoms with van der Waals surface area (Å²) in [4.78, 5) is 4.82. The van der Waals surface area contributed by atoms with Gasteiger partial charge in [-0.3, -0.25) is 13.7 Å². The van der Waals surface area contributed by atoms with Crippen LogP contribution in [0.3, 0.4) is 0 Å². The Kier molecular flexibility index (Phi) is 6.15. The van der Waals surface area contributed by atoms with Gasteiger partial charge in [-0.05, 0) is 92.9 Å². The van der Waals surface area contributed by atoms with Crippen LogP contribution in [-0.4, -0.2) is 14.1 Å². The first-order valence-corrected chi connectivity index (χ1v) is 20.2. The first-order chi connectivity index (χ1) is 37.1. The van der Waals surface area contributed by atoms with Crippen LogP contribution in [0.2, 0.25) is 0 Å². The molecule has 0 spiro atoms. The molecule has 5 nitrogen and oxygen atoms in total. The SMILES string of the molecule is [2H]c1c([2H])c([2H])c(-c2cccc(-c3c([2H])c([2H])c([2H])c([2H])c3[2H])c2-[n+]2[c-]n(-c3cccc(Oc4ccc5c6ccccc6n(-c6cc(C(C)(C)C)ccn6)c5c4)c3)c3c(-c4c([2H])c([2H])c([2H])c([2H])c4[2H])cccc32)c([2H])c1[2H]. The molecule has 0 aliphatic heterocycles. The Morgan fingerprint density at radius 1 is 0.571 bits per heavy atom. The van der Waals surface area contributed by atoms with Crippen molar-refractivity contribution in [2.24, 2.45) is 0 Å². The number of imidazole rings is 1. The summed E-state index contributed by atoms with van der Waals surface area (Å²) in [5, 5.41) is 1.99. The third-order valence-electron chi connectivity index (χ3n) is 11.0. The summed E-state index contributed by atoms with van der Waals surface area (Å²) < 4.78 is 144. The van der Waals surface area contributed by atoms with Crippen LogP contribution in [0.25, 0.3) is 83.4 Å². The lowest BCUT2D eigenvalue weighted by Crippen LogP contribution is -2.31. The van der Waals surface area contributed by atoms with Gasteiger partial charge in [0.2, 0.25) is 0 Å². The average molecular weight is 828 g/mol. The fourth-order valence-electron chi connectivity index (χ4n) is 8.14. The standard InChI is InChI=1S/C58H44N4O/c1-58(2,3)43-34-35-59-55(36-43)62-52-30-14-13-26-50(52)51-33-32-46(38-54(51)62)63-45-25-15-24-44(37-45)60-39-61(53-31-17-29-49(57(53)60)42-22-11-6-12-23-42)56-47(40-18-7-4-8-19-40)27-16-28-48(56)41-20-9-5-10-21-41/h4-38H,1-3H3/i4D,5D,6D,7D,8D,9D,10D,11D,12D,18D,19D,20D,21D,22D,23D. The van der Waals surface area contributed by atoms with E-state index in [2.05, 4.69) is 43.8 Å². The molecule has 0 aliphatic rings. The number of rotatable bonds is 8. The van der Waals surface area contributed by atoms with Gasteiger partial charge in [0.15, 0.2) is 0 Å². The Labute approximate surface area is 388 Å². The molecule has 0 atom stereocenters. The Bertz CT molecular complexity index is 4200. The van der Waals surface area contributed by atoms with Crippen molar-refractivity contribution in [3.63, 3.8) is 0 Å². The normalized spacial score (nSPS) is 15.1. The van der Waals surface area contributed by atoms with Crippen LogP contribution in [-0.2, 0) is 5.41 Å². The second-order valence-electron chi connectivity index (χ2n) is 15.9. The lowest BCUT2D eigenvalue weighted by Gasteiger charge is -2.20. The fourth-order valence-corrected chi connectivity index (χ4v) is 8.14. The molecule has 0 unspecified atom stereocenters. The summed E-state index contributed by atoms with van der Waals surface area (Å²) in [6.45, 7) is 6.44. The van der Waals surface area contributed by atoms with E-state index < -0.39 is 90.6 Å². The summed E-state index contributed by atoms with van der Waals surface area (Å²) in [6, 6.07) is 25.2. The van der Waals surface area contributed by atoms with E-state index in [0.717, 1.165) is 33.2 Å². The number of fused-ring (bicyclic) bond motifs is 4. The monoisotopic (exact) mass is 827 g/mol. The quantitative estimate of drug-likeness (QED) is 0.113. The second-order valence-corrected chi connectivity index (χ2v) is 15.9. The van der Waals surface area contributed by atoms with Gasteiger partial charge in [0.25, 0.3) is 6.33 Å². The Morgan fingerprint density at radius 2 is 1.17 bits per heavy atom. The summed E-state index contributed by atoms with van der Waals surface area (Å²) in [7, 11) is 0. The van der Waals surface area contributed by atoms with E-state index >= 15 is 0 Å². The largest absolute Gasteiger partial charge is 0.458 e. The van der Waals surface area contributed by atoms with E-state index in [4.69, 9.17) is 30.3 Å². The van der Waals surface area contributed by atoms with Crippen molar-refractivity contribution >= 4 is 32.8 Å². The lowest BCUT2D eigenvalue weighted by atomic mass is 9.88. The maximum Gasteiger partial charge on any atom is 0.269 e. The molecule has 11 rings (SSSR count). The van der Waals surface area contributed by atoms with Gasteiger partial charge in [-0.25, -0.2) is 4.98 Å². The molecule has 8 aromatic carbocycles. The predicted molar refractivity (Wildman–Crippen MR) is 257 cm³/mol. The fraction of sp³-hybridized carbons (Fsp3) is 0.0690. The summed E-state index contributed by atoms with van der Waals surface area (Å²) in [6.07, 6.45) is 5.18. The number of hydrogen-bond acceptors (Lipinski definition) is 2. The van der Waals surface area contributed by atoms with Crippen LogP contribution in [0, 0.1) is 6.33 Å². The number of hydrogen-bond donors (Lipinski definition) is 0. The Hall–Kier alpha value is -8.02. The molecule has 0 saturated heterocycles. The number of nitrogens with zero attached hydrogens (tertiary/aromatic N) is 4. The second kappa shape index (κ2) is 15.5. The molecule has 0 radical (unpaired) electrons. The van der Waals surface area contributed by atoms with Gasteiger partial charge in [-0.1, -0.05) is 172 Å². The summed E-state index contributed by atoms with van der Waals surface area (Å²) in [5.41, 5.74) is 3.00. The maximum absolute atomic E-state index is 9.15. The zero-order chi connectivity index (χ0) is 55.5. The summed E-state index contributed by atoms with van der Waals surface area (Å²) in [5.74, 6) is 1.56. The Balaban J connectivity index is 1.19. The number of aromatic nitrogens is 4. The average Bonchev–Trinajstić information content (AvgIpc) is 4.14. The van der Waals surface area contributed by atoms with E-state index in [1.54, 1.807) is 47.0 Å². The first kappa shape index (κ1) is 25.0. The van der Waals surface area contributed by atoms with Crippen molar-refractivity contribution in [3.8, 4) is 62.1 Å². The molecule has 0 bridgehead atoms. The van der Waals surface area contributed by atoms with Gasteiger partial charge < -0.3 is 4.74 Å². The number of ether oxygens (including phenoxy) is 1. The minimum absolute atomic E-state index is 0.00459. The molecular formula is C58H44N4O. The third kappa shape index (κ3) is 6.84. The molecule has 0 fully saturated rings. The van der Waals surface area contributed by atoms with E-state index in [9.17, 15) is 0 Å². The molecule has 0 N–H and O–H groups in total. The highest BCUT2D eigenvalue weighted by molar-refractivity contribution is 6.09. The highest BCUT2D eigenvalue weighted by Crippen LogP contribution is 2.39. The van der Waals surface area contributed by atoms with Gasteiger partial charge in [0.05, 0.1) is 54.0 Å². The Morgan fingerprint density at radius 3 is 1.87 bits per heavy atom. The topological polar surface area (TPSA) is 35.9 Å². The minimum atomic E-state index is -0.650. The molecule has 5 heteroatoms. The van der Waals surface area contributed by atoms with Gasteiger partial charge in [-0.2, -0.15) is 0 Å². The number of para-hydroxylation sites is 3. The number of benzene rings is 8. The van der Waals surface area contributed by atoms with Crippen LogP contribution in [0.5, 0.6) is 11.5 Å². The van der Waals surface area contributed by atoms with E-state index in [1.165, 1.54) is 22.8 Å². The van der Waals surface area contributed by atoms with Crippen molar-refractivity contribution in [1.82, 2.24) is 14.1 Å². The van der Waals surface area contributed by atoms with Crippen LogP contribution in [0.15, 0.2) is 212 Å². The van der Waals surface area contributed by atoms with Crippen molar-refractivity contribution < 1.29 is 29.9 Å². The predicted octanol–water partition coefficient (Wildman–Crippen LogP) is 14.3. The van der Waals surface area contributed by atoms with Crippen LogP contribution in [0.1, 0.15) is 46.9 Å². The first-order valence-electron chi connectivity index (χ1n) is 27.7. The van der Waals surface area contributed by atoms with Crippen molar-refractivity contribution in [2.75, 3.05) is 0 Å². The van der Waals surface area contributed by atoms with Crippen molar-refractivity contribution in [2.45, 2.75) is 26.2 Å². The van der Waals surface area contributed by atoms with Crippen molar-refractivity contribution in [1.29, 1.82) is 0 Å². The van der Waals surface area contributed by atoms with Gasteiger partial charge in [0.1, 0.15) is 17.3 Å². The molecular weight excluding hydrogens is 769 g/mol. The zero-order valence-electron chi connectivity index (χ0n) is 49.2. The number of pyridine rings is 1. The van der Waals surface area contributed by atoms with Crippen molar-refractivity contribution in [3.05, 3.63) is 224 Å². The molecule has 3 aromatic heterocycles.